The number of carboxylic acids is 1. The Balaban J connectivity index is 2.10. The molecular formula is C14H21NO3. The van der Waals surface area contributed by atoms with Crippen LogP contribution in [0.25, 0.3) is 0 Å². The Morgan fingerprint density at radius 3 is 2.44 bits per heavy atom. The maximum Gasteiger partial charge on any atom is 0.307 e. The van der Waals surface area contributed by atoms with Crippen molar-refractivity contribution in [2.45, 2.75) is 38.6 Å². The molecule has 1 N–H and O–H groups in total. The number of carbonyl (C=O) groups excluding carboxylic acids is 1. The second kappa shape index (κ2) is 5.12. The van der Waals surface area contributed by atoms with Crippen LogP contribution in [0.1, 0.15) is 32.6 Å². The van der Waals surface area contributed by atoms with E-state index in [9.17, 15) is 14.7 Å². The van der Waals surface area contributed by atoms with Crippen LogP contribution in [0.2, 0.25) is 0 Å². The first-order valence-corrected chi connectivity index (χ1v) is 6.68. The number of carboxylic acid groups (broad SMARTS) is 1. The summed E-state index contributed by atoms with van der Waals surface area (Å²) in [6.07, 6.45) is 5.14. The van der Waals surface area contributed by atoms with Gasteiger partial charge in [0.1, 0.15) is 0 Å². The van der Waals surface area contributed by atoms with Crippen LogP contribution in [0, 0.1) is 17.8 Å². The number of aliphatic carboxylic acids is 1. The summed E-state index contributed by atoms with van der Waals surface area (Å²) in [5.74, 6) is -1.32. The van der Waals surface area contributed by atoms with Gasteiger partial charge in [-0.2, -0.15) is 0 Å². The minimum Gasteiger partial charge on any atom is -0.481 e. The molecule has 3 unspecified atom stereocenters. The van der Waals surface area contributed by atoms with E-state index in [-0.39, 0.29) is 11.8 Å². The molecule has 0 aromatic rings. The largest absolute Gasteiger partial charge is 0.481 e. The second-order valence-electron chi connectivity index (χ2n) is 5.64. The van der Waals surface area contributed by atoms with Crippen molar-refractivity contribution in [2.24, 2.45) is 17.8 Å². The van der Waals surface area contributed by atoms with E-state index in [0.717, 1.165) is 12.8 Å². The van der Waals surface area contributed by atoms with E-state index in [4.69, 9.17) is 0 Å². The molecule has 0 aromatic carbocycles. The van der Waals surface area contributed by atoms with Crippen molar-refractivity contribution < 1.29 is 14.7 Å². The number of carbonyl (C=O) groups is 2. The van der Waals surface area contributed by atoms with Gasteiger partial charge >= 0.3 is 5.97 Å². The third kappa shape index (κ3) is 2.57. The first-order valence-electron chi connectivity index (χ1n) is 6.68. The molecule has 0 aliphatic heterocycles. The number of hydrogen-bond acceptors (Lipinski definition) is 2. The molecule has 2 aliphatic carbocycles. The molecule has 2 aliphatic rings. The SMILES string of the molecule is C=CCN(C(=O)C1CC(C)CC1C(=O)O)C1CC1. The summed E-state index contributed by atoms with van der Waals surface area (Å²) < 4.78 is 0. The van der Waals surface area contributed by atoms with Gasteiger partial charge < -0.3 is 10.0 Å². The Hall–Kier alpha value is -1.32. The third-order valence-electron chi connectivity index (χ3n) is 4.03. The van der Waals surface area contributed by atoms with Crippen LogP contribution < -0.4 is 0 Å². The second-order valence-corrected chi connectivity index (χ2v) is 5.64. The standard InChI is InChI=1S/C14H21NO3/c1-3-6-15(10-4-5-10)13(16)11-7-9(2)8-12(11)14(17)18/h3,9-12H,1,4-8H2,2H3,(H,17,18). The predicted molar refractivity (Wildman–Crippen MR) is 67.9 cm³/mol. The average molecular weight is 251 g/mol. The summed E-state index contributed by atoms with van der Waals surface area (Å²) in [6.45, 7) is 6.25. The molecule has 4 nitrogen and oxygen atoms in total. The fraction of sp³-hybridized carbons (Fsp3) is 0.714. The molecule has 2 fully saturated rings. The Bertz CT molecular complexity index is 362. The van der Waals surface area contributed by atoms with Gasteiger partial charge in [-0.15, -0.1) is 6.58 Å². The minimum absolute atomic E-state index is 0.0224. The van der Waals surface area contributed by atoms with Gasteiger partial charge in [-0.05, 0) is 31.6 Å². The van der Waals surface area contributed by atoms with Crippen LogP contribution in [0.4, 0.5) is 0 Å². The van der Waals surface area contributed by atoms with E-state index in [1.165, 1.54) is 0 Å². The zero-order valence-corrected chi connectivity index (χ0v) is 10.8. The summed E-state index contributed by atoms with van der Waals surface area (Å²) in [7, 11) is 0. The van der Waals surface area contributed by atoms with Crippen LogP contribution in [0.3, 0.4) is 0 Å². The molecular weight excluding hydrogens is 230 g/mol. The number of hydrogen-bond donors (Lipinski definition) is 1. The first kappa shape index (κ1) is 13.1. The normalized spacial score (nSPS) is 31.1. The minimum atomic E-state index is -0.827. The summed E-state index contributed by atoms with van der Waals surface area (Å²) in [4.78, 5) is 25.6. The summed E-state index contributed by atoms with van der Waals surface area (Å²) >= 11 is 0. The molecule has 2 saturated carbocycles. The van der Waals surface area contributed by atoms with E-state index < -0.39 is 11.9 Å². The maximum atomic E-state index is 12.5. The fourth-order valence-electron chi connectivity index (χ4n) is 2.99. The van der Waals surface area contributed by atoms with E-state index in [0.29, 0.717) is 31.3 Å². The zero-order valence-electron chi connectivity index (χ0n) is 10.8. The predicted octanol–water partition coefficient (Wildman–Crippen LogP) is 1.91. The van der Waals surface area contributed by atoms with Gasteiger partial charge in [0, 0.05) is 12.6 Å². The molecule has 3 atom stereocenters. The van der Waals surface area contributed by atoms with E-state index in [1.807, 2.05) is 11.8 Å². The lowest BCUT2D eigenvalue weighted by Crippen LogP contribution is -2.40. The molecule has 0 aromatic heterocycles. The van der Waals surface area contributed by atoms with Gasteiger partial charge in [0.2, 0.25) is 5.91 Å². The molecule has 100 valence electrons. The monoisotopic (exact) mass is 251 g/mol. The first-order chi connectivity index (χ1) is 8.54. The molecule has 2 rings (SSSR count). The van der Waals surface area contributed by atoms with Gasteiger partial charge in [-0.3, -0.25) is 9.59 Å². The lowest BCUT2D eigenvalue weighted by molar-refractivity contribution is -0.149. The van der Waals surface area contributed by atoms with Gasteiger partial charge in [0.05, 0.1) is 11.8 Å². The third-order valence-corrected chi connectivity index (χ3v) is 4.03. The van der Waals surface area contributed by atoms with Crippen molar-refractivity contribution >= 4 is 11.9 Å². The Morgan fingerprint density at radius 2 is 1.94 bits per heavy atom. The molecule has 18 heavy (non-hydrogen) atoms. The highest BCUT2D eigenvalue weighted by Gasteiger charge is 2.45. The van der Waals surface area contributed by atoms with Gasteiger partial charge in [-0.25, -0.2) is 0 Å². The average Bonchev–Trinajstić information content (AvgIpc) is 3.07. The molecule has 1 amide bonds. The number of rotatable bonds is 5. The van der Waals surface area contributed by atoms with Crippen LogP contribution in [-0.4, -0.2) is 34.5 Å². The zero-order chi connectivity index (χ0) is 13.3. The van der Waals surface area contributed by atoms with Gasteiger partial charge in [0.15, 0.2) is 0 Å². The molecule has 0 bridgehead atoms. The van der Waals surface area contributed by atoms with Gasteiger partial charge in [-0.1, -0.05) is 13.0 Å². The van der Waals surface area contributed by atoms with Gasteiger partial charge in [0.25, 0.3) is 0 Å². The summed E-state index contributed by atoms with van der Waals surface area (Å²) in [5, 5.41) is 9.23. The van der Waals surface area contributed by atoms with Crippen LogP contribution in [-0.2, 0) is 9.59 Å². The van der Waals surface area contributed by atoms with Crippen molar-refractivity contribution in [3.05, 3.63) is 12.7 Å². The highest BCUT2D eigenvalue weighted by molar-refractivity contribution is 5.86. The molecule has 0 saturated heterocycles. The molecule has 0 heterocycles. The van der Waals surface area contributed by atoms with Crippen molar-refractivity contribution in [3.63, 3.8) is 0 Å². The van der Waals surface area contributed by atoms with Crippen molar-refractivity contribution in [1.29, 1.82) is 0 Å². The lowest BCUT2D eigenvalue weighted by atomic mass is 9.94. The van der Waals surface area contributed by atoms with Crippen LogP contribution >= 0.6 is 0 Å². The Kier molecular flexibility index (Phi) is 3.73. The van der Waals surface area contributed by atoms with Crippen molar-refractivity contribution in [1.82, 2.24) is 4.90 Å². The van der Waals surface area contributed by atoms with E-state index >= 15 is 0 Å². The number of nitrogens with zero attached hydrogens (tertiary/aromatic N) is 1. The fourth-order valence-corrected chi connectivity index (χ4v) is 2.99. The molecule has 4 heteroatoms. The summed E-state index contributed by atoms with van der Waals surface area (Å²) in [6, 6.07) is 0.320. The van der Waals surface area contributed by atoms with Crippen LogP contribution in [0.5, 0.6) is 0 Å². The molecule has 0 spiro atoms. The van der Waals surface area contributed by atoms with E-state index in [2.05, 4.69) is 6.58 Å². The topological polar surface area (TPSA) is 57.6 Å². The summed E-state index contributed by atoms with van der Waals surface area (Å²) in [5.41, 5.74) is 0. The van der Waals surface area contributed by atoms with E-state index in [1.54, 1.807) is 6.08 Å². The Labute approximate surface area is 108 Å². The molecule has 0 radical (unpaired) electrons. The smallest absolute Gasteiger partial charge is 0.307 e. The van der Waals surface area contributed by atoms with Crippen molar-refractivity contribution in [3.8, 4) is 0 Å². The quantitative estimate of drug-likeness (QED) is 0.759. The highest BCUT2D eigenvalue weighted by atomic mass is 16.4. The van der Waals surface area contributed by atoms with Crippen molar-refractivity contribution in [2.75, 3.05) is 6.54 Å². The lowest BCUT2D eigenvalue weighted by Gasteiger charge is -2.26. The highest BCUT2D eigenvalue weighted by Crippen LogP contribution is 2.39. The number of amides is 1. The van der Waals surface area contributed by atoms with Crippen LogP contribution in [0.15, 0.2) is 12.7 Å². The Morgan fingerprint density at radius 1 is 1.33 bits per heavy atom. The maximum absolute atomic E-state index is 12.5.